The van der Waals surface area contributed by atoms with Crippen molar-refractivity contribution in [2.75, 3.05) is 44.1 Å². The van der Waals surface area contributed by atoms with Gasteiger partial charge in [0.1, 0.15) is 10.7 Å². The summed E-state index contributed by atoms with van der Waals surface area (Å²) in [5.41, 5.74) is -0.281. The lowest BCUT2D eigenvalue weighted by atomic mass is 10.2. The molecular formula is C19H20Cl3FN3O4S-. The average Bonchev–Trinajstić information content (AvgIpc) is 2.70. The van der Waals surface area contributed by atoms with Crippen LogP contribution in [-0.4, -0.2) is 58.6 Å². The van der Waals surface area contributed by atoms with Crippen LogP contribution in [0.3, 0.4) is 0 Å². The number of ether oxygens (including phenoxy) is 1. The van der Waals surface area contributed by atoms with Crippen molar-refractivity contribution in [1.82, 2.24) is 10.2 Å². The van der Waals surface area contributed by atoms with Crippen LogP contribution >= 0.6 is 23.2 Å². The Morgan fingerprint density at radius 2 is 1.81 bits per heavy atom. The lowest BCUT2D eigenvalue weighted by molar-refractivity contribution is -0.0000195. The van der Waals surface area contributed by atoms with Crippen molar-refractivity contribution in [3.63, 3.8) is 0 Å². The second-order valence-corrected chi connectivity index (χ2v) is 9.02. The molecule has 0 aliphatic carbocycles. The molecular weight excluding hydrogens is 492 g/mol. The first-order valence-electron chi connectivity index (χ1n) is 9.12. The third kappa shape index (κ3) is 6.68. The normalized spacial score (nSPS) is 14.5. The second kappa shape index (κ2) is 11.3. The largest absolute Gasteiger partial charge is 1.00 e. The van der Waals surface area contributed by atoms with Crippen molar-refractivity contribution in [1.29, 1.82) is 0 Å². The van der Waals surface area contributed by atoms with Gasteiger partial charge in [-0.15, -0.1) is 0 Å². The third-order valence-corrected chi connectivity index (χ3v) is 6.63. The molecule has 0 unspecified atom stereocenters. The minimum Gasteiger partial charge on any atom is -1.00 e. The van der Waals surface area contributed by atoms with Crippen molar-refractivity contribution < 1.29 is 34.7 Å². The summed E-state index contributed by atoms with van der Waals surface area (Å²) in [4.78, 5) is 14.3. The van der Waals surface area contributed by atoms with Gasteiger partial charge in [0.2, 0.25) is 0 Å². The summed E-state index contributed by atoms with van der Waals surface area (Å²) >= 11 is 12.2. The molecule has 0 saturated carbocycles. The number of carbonyl (C=O) groups is 1. The molecule has 3 rings (SSSR count). The molecule has 2 aromatic rings. The number of para-hydroxylation sites is 1. The highest BCUT2D eigenvalue weighted by atomic mass is 35.5. The van der Waals surface area contributed by atoms with E-state index in [1.54, 1.807) is 0 Å². The molecule has 0 aromatic heterocycles. The molecule has 1 heterocycles. The Hall–Kier alpha value is -1.62. The first-order chi connectivity index (χ1) is 14.3. The number of carbonyl (C=O) groups excluding carboxylic acids is 1. The zero-order valence-corrected chi connectivity index (χ0v) is 19.3. The van der Waals surface area contributed by atoms with Gasteiger partial charge < -0.3 is 22.5 Å². The van der Waals surface area contributed by atoms with E-state index in [1.807, 2.05) is 0 Å². The van der Waals surface area contributed by atoms with E-state index >= 15 is 0 Å². The summed E-state index contributed by atoms with van der Waals surface area (Å²) in [6.45, 7) is 3.83. The predicted molar refractivity (Wildman–Crippen MR) is 113 cm³/mol. The van der Waals surface area contributed by atoms with Crippen LogP contribution in [0.1, 0.15) is 10.4 Å². The van der Waals surface area contributed by atoms with Gasteiger partial charge in [-0.05, 0) is 24.3 Å². The van der Waals surface area contributed by atoms with E-state index in [-0.39, 0.29) is 38.6 Å². The number of nitrogens with zero attached hydrogens (tertiary/aromatic N) is 1. The number of halogens is 4. The Bertz CT molecular complexity index is 1030. The number of amides is 1. The summed E-state index contributed by atoms with van der Waals surface area (Å²) in [7, 11) is -4.26. The highest BCUT2D eigenvalue weighted by molar-refractivity contribution is 7.92. The van der Waals surface area contributed by atoms with E-state index in [9.17, 15) is 17.6 Å². The van der Waals surface area contributed by atoms with Gasteiger partial charge in [0.05, 0.1) is 34.5 Å². The van der Waals surface area contributed by atoms with Crippen molar-refractivity contribution in [3.8, 4) is 0 Å². The molecule has 1 saturated heterocycles. The number of hydrogen-bond acceptors (Lipinski definition) is 5. The lowest BCUT2D eigenvalue weighted by Crippen LogP contribution is -3.00. The molecule has 0 bridgehead atoms. The summed E-state index contributed by atoms with van der Waals surface area (Å²) in [6.07, 6.45) is 0. The van der Waals surface area contributed by atoms with E-state index in [2.05, 4.69) is 14.9 Å². The van der Waals surface area contributed by atoms with Crippen LogP contribution in [0.15, 0.2) is 41.3 Å². The maximum atomic E-state index is 13.8. The Kier molecular flexibility index (Phi) is 9.35. The molecule has 0 spiro atoms. The maximum absolute atomic E-state index is 13.8. The Morgan fingerprint density at radius 3 is 2.48 bits per heavy atom. The highest BCUT2D eigenvalue weighted by Gasteiger charge is 2.24. The van der Waals surface area contributed by atoms with E-state index < -0.39 is 21.7 Å². The van der Waals surface area contributed by atoms with E-state index in [0.717, 1.165) is 25.2 Å². The molecule has 1 aliphatic heterocycles. The van der Waals surface area contributed by atoms with Gasteiger partial charge in [-0.3, -0.25) is 14.4 Å². The molecule has 0 atom stereocenters. The molecule has 2 N–H and O–H groups in total. The second-order valence-electron chi connectivity index (χ2n) is 6.56. The molecule has 1 aliphatic rings. The molecule has 2 aromatic carbocycles. The summed E-state index contributed by atoms with van der Waals surface area (Å²) in [5, 5.41) is 2.54. The minimum absolute atomic E-state index is 0. The average molecular weight is 512 g/mol. The number of anilines is 1. The highest BCUT2D eigenvalue weighted by Crippen LogP contribution is 2.30. The number of morpholine rings is 1. The van der Waals surface area contributed by atoms with Crippen LogP contribution in [0.2, 0.25) is 10.0 Å². The quantitative estimate of drug-likeness (QED) is 0.546. The standard InChI is InChI=1S/C19H20Cl2FN3O4S.ClH/c20-14-12-15(21)18(30(27,28)24-17-4-2-1-3-16(17)22)11-13(14)19(26)23-5-6-25-7-9-29-10-8-25;/h1-4,11-12,24H,5-10H2,(H,23,26);1H/p-1. The molecule has 1 amide bonds. The van der Waals surface area contributed by atoms with Gasteiger partial charge in [-0.25, -0.2) is 12.8 Å². The van der Waals surface area contributed by atoms with Gasteiger partial charge in [0, 0.05) is 26.2 Å². The Balaban J connectivity index is 0.00000341. The number of sulfonamides is 1. The topological polar surface area (TPSA) is 87.7 Å². The van der Waals surface area contributed by atoms with Gasteiger partial charge in [0.25, 0.3) is 15.9 Å². The summed E-state index contributed by atoms with van der Waals surface area (Å²) in [6, 6.07) is 7.57. The number of rotatable bonds is 7. The number of hydrogen-bond donors (Lipinski definition) is 2. The van der Waals surface area contributed by atoms with E-state index in [4.69, 9.17) is 27.9 Å². The SMILES string of the molecule is O=C(NCCN1CCOCC1)c1cc(S(=O)(=O)Nc2ccccc2F)c(Cl)cc1Cl.[Cl-]. The fraction of sp³-hybridized carbons (Fsp3) is 0.316. The van der Waals surface area contributed by atoms with Crippen molar-refractivity contribution in [3.05, 3.63) is 57.8 Å². The third-order valence-electron chi connectivity index (χ3n) is 4.49. The molecule has 7 nitrogen and oxygen atoms in total. The summed E-state index contributed by atoms with van der Waals surface area (Å²) < 4.78 is 46.7. The zero-order chi connectivity index (χ0) is 21.7. The van der Waals surface area contributed by atoms with Gasteiger partial charge >= 0.3 is 0 Å². The molecule has 12 heteroatoms. The van der Waals surface area contributed by atoms with Crippen LogP contribution in [-0.2, 0) is 14.8 Å². The molecule has 0 radical (unpaired) electrons. The summed E-state index contributed by atoms with van der Waals surface area (Å²) in [5.74, 6) is -1.28. The number of nitrogens with one attached hydrogen (secondary N) is 2. The lowest BCUT2D eigenvalue weighted by Gasteiger charge is -2.26. The monoisotopic (exact) mass is 510 g/mol. The van der Waals surface area contributed by atoms with E-state index in [0.29, 0.717) is 26.3 Å². The van der Waals surface area contributed by atoms with Gasteiger partial charge in [0.15, 0.2) is 0 Å². The van der Waals surface area contributed by atoms with Crippen LogP contribution in [0.4, 0.5) is 10.1 Å². The van der Waals surface area contributed by atoms with E-state index in [1.165, 1.54) is 24.3 Å². The molecule has 1 fully saturated rings. The predicted octanol–water partition coefficient (Wildman–Crippen LogP) is -0.000700. The molecule has 170 valence electrons. The van der Waals surface area contributed by atoms with Crippen LogP contribution in [0.25, 0.3) is 0 Å². The van der Waals surface area contributed by atoms with Crippen molar-refractivity contribution in [2.24, 2.45) is 0 Å². The fourth-order valence-corrected chi connectivity index (χ4v) is 4.83. The van der Waals surface area contributed by atoms with Crippen molar-refractivity contribution >= 4 is 44.8 Å². The maximum Gasteiger partial charge on any atom is 0.263 e. The Morgan fingerprint density at radius 1 is 1.13 bits per heavy atom. The van der Waals surface area contributed by atoms with Crippen LogP contribution < -0.4 is 22.4 Å². The van der Waals surface area contributed by atoms with Crippen molar-refractivity contribution in [2.45, 2.75) is 4.90 Å². The van der Waals surface area contributed by atoms with Crippen LogP contribution in [0, 0.1) is 5.82 Å². The Labute approximate surface area is 196 Å². The molecule has 31 heavy (non-hydrogen) atoms. The first kappa shape index (κ1) is 25.6. The zero-order valence-electron chi connectivity index (χ0n) is 16.2. The first-order valence-corrected chi connectivity index (χ1v) is 11.4. The van der Waals surface area contributed by atoms with Gasteiger partial charge in [-0.2, -0.15) is 0 Å². The van der Waals surface area contributed by atoms with Crippen LogP contribution in [0.5, 0.6) is 0 Å². The fourth-order valence-electron chi connectivity index (χ4n) is 2.90. The minimum atomic E-state index is -4.26. The smallest absolute Gasteiger partial charge is 0.263 e. The number of benzene rings is 2. The van der Waals surface area contributed by atoms with Gasteiger partial charge in [-0.1, -0.05) is 35.3 Å².